The molecule has 3 aromatic carbocycles. The molecule has 166 valence electrons. The summed E-state index contributed by atoms with van der Waals surface area (Å²) in [5.74, 6) is -0.637. The number of nitro groups is 1. The van der Waals surface area contributed by atoms with Gasteiger partial charge in [-0.25, -0.2) is 8.42 Å². The van der Waals surface area contributed by atoms with Crippen LogP contribution in [0.4, 0.5) is 17.1 Å². The van der Waals surface area contributed by atoms with Crippen LogP contribution in [0.5, 0.6) is 11.5 Å². The lowest BCUT2D eigenvalue weighted by Crippen LogP contribution is -2.16. The first-order valence-corrected chi connectivity index (χ1v) is 10.7. The third-order valence-corrected chi connectivity index (χ3v) is 5.90. The van der Waals surface area contributed by atoms with Crippen molar-refractivity contribution in [1.29, 1.82) is 0 Å². The lowest BCUT2D eigenvalue weighted by atomic mass is 10.1. The van der Waals surface area contributed by atoms with E-state index < -0.39 is 20.6 Å². The van der Waals surface area contributed by atoms with Gasteiger partial charge in [0.25, 0.3) is 15.7 Å². The maximum Gasteiger partial charge on any atom is 0.270 e. The van der Waals surface area contributed by atoms with E-state index in [4.69, 9.17) is 0 Å². The molecule has 3 aromatic rings. The van der Waals surface area contributed by atoms with Crippen molar-refractivity contribution in [3.05, 3.63) is 81.4 Å². The van der Waals surface area contributed by atoms with Gasteiger partial charge < -0.3 is 10.2 Å². The van der Waals surface area contributed by atoms with E-state index in [0.717, 1.165) is 17.7 Å². The number of hydrogen-bond donors (Lipinski definition) is 4. The molecule has 10 nitrogen and oxygen atoms in total. The normalized spacial score (nSPS) is 11.4. The number of hydrazone groups is 1. The topological polar surface area (TPSA) is 154 Å². The molecule has 0 unspecified atom stereocenters. The number of non-ortho nitro benzene ring substituents is 1. The largest absolute Gasteiger partial charge is 0.504 e. The molecule has 0 aliphatic carbocycles. The van der Waals surface area contributed by atoms with Crippen LogP contribution in [0.25, 0.3) is 0 Å². The van der Waals surface area contributed by atoms with Crippen LogP contribution in [0.1, 0.15) is 16.7 Å². The van der Waals surface area contributed by atoms with Gasteiger partial charge in [-0.05, 0) is 55.3 Å². The predicted molar refractivity (Wildman–Crippen MR) is 121 cm³/mol. The van der Waals surface area contributed by atoms with Gasteiger partial charge in [0.15, 0.2) is 11.5 Å². The van der Waals surface area contributed by atoms with Crippen molar-refractivity contribution in [3.63, 3.8) is 0 Å². The first-order valence-electron chi connectivity index (χ1n) is 9.26. The average Bonchev–Trinajstić information content (AvgIpc) is 2.72. The highest BCUT2D eigenvalue weighted by Gasteiger charge is 2.23. The number of nitrogens with zero attached hydrogens (tertiary/aromatic N) is 2. The Morgan fingerprint density at radius 3 is 2.34 bits per heavy atom. The summed E-state index contributed by atoms with van der Waals surface area (Å²) < 4.78 is 28.6. The number of benzene rings is 3. The van der Waals surface area contributed by atoms with E-state index in [1.54, 1.807) is 19.1 Å². The third-order valence-electron chi connectivity index (χ3n) is 4.49. The van der Waals surface area contributed by atoms with Crippen molar-refractivity contribution in [2.75, 3.05) is 10.1 Å². The van der Waals surface area contributed by atoms with E-state index in [9.17, 15) is 28.7 Å². The summed E-state index contributed by atoms with van der Waals surface area (Å²) in [6.45, 7) is 3.62. The number of sulfonamides is 1. The Kier molecular flexibility index (Phi) is 6.30. The summed E-state index contributed by atoms with van der Waals surface area (Å²) in [7, 11) is -4.21. The average molecular weight is 456 g/mol. The Labute approximate surface area is 184 Å². The number of nitro benzene ring substituents is 1. The molecular formula is C21H20N4O6S. The number of hydrogen-bond acceptors (Lipinski definition) is 8. The van der Waals surface area contributed by atoms with Crippen molar-refractivity contribution in [2.24, 2.45) is 5.10 Å². The van der Waals surface area contributed by atoms with Crippen LogP contribution in [-0.4, -0.2) is 29.8 Å². The molecule has 0 bridgehead atoms. The molecule has 0 radical (unpaired) electrons. The molecule has 0 aliphatic rings. The number of phenols is 2. The van der Waals surface area contributed by atoms with Gasteiger partial charge in [0, 0.05) is 12.1 Å². The summed E-state index contributed by atoms with van der Waals surface area (Å²) in [6.07, 6.45) is 1.29. The zero-order chi connectivity index (χ0) is 23.5. The molecule has 0 spiro atoms. The second kappa shape index (κ2) is 8.94. The molecule has 32 heavy (non-hydrogen) atoms. The molecular weight excluding hydrogens is 436 g/mol. The van der Waals surface area contributed by atoms with Gasteiger partial charge in [-0.3, -0.25) is 20.3 Å². The SMILES string of the molecule is Cc1ccc(NS(=O)(=O)c2cc([N+](=O)[O-])ccc2NN=Cc2ccc(O)c(O)c2)c(C)c1. The molecule has 0 aliphatic heterocycles. The number of phenolic OH excluding ortho intramolecular Hbond substituents is 2. The minimum Gasteiger partial charge on any atom is -0.504 e. The Bertz CT molecular complexity index is 1320. The van der Waals surface area contributed by atoms with Crippen LogP contribution in [0.15, 0.2) is 64.6 Å². The minimum absolute atomic E-state index is 0.00659. The molecule has 0 saturated carbocycles. The molecule has 4 N–H and O–H groups in total. The van der Waals surface area contributed by atoms with E-state index in [2.05, 4.69) is 15.2 Å². The second-order valence-electron chi connectivity index (χ2n) is 6.98. The monoisotopic (exact) mass is 456 g/mol. The highest BCUT2D eigenvalue weighted by atomic mass is 32.2. The standard InChI is InChI=1S/C21H20N4O6S/c1-13-3-6-17(14(2)9-13)24-32(30,31)21-11-16(25(28)29)5-7-18(21)23-22-12-15-4-8-19(26)20(27)10-15/h3-12,23-24,26-27H,1-2H3. The van der Waals surface area contributed by atoms with Gasteiger partial charge in [-0.1, -0.05) is 17.7 Å². The zero-order valence-electron chi connectivity index (χ0n) is 17.1. The first kappa shape index (κ1) is 22.6. The van der Waals surface area contributed by atoms with Gasteiger partial charge in [0.2, 0.25) is 0 Å². The quantitative estimate of drug-likeness (QED) is 0.182. The van der Waals surface area contributed by atoms with Crippen molar-refractivity contribution in [3.8, 4) is 11.5 Å². The second-order valence-corrected chi connectivity index (χ2v) is 8.63. The summed E-state index contributed by atoms with van der Waals surface area (Å²) >= 11 is 0. The number of rotatable bonds is 7. The first-order chi connectivity index (χ1) is 15.1. The van der Waals surface area contributed by atoms with Gasteiger partial charge in [-0.2, -0.15) is 5.10 Å². The molecule has 0 fully saturated rings. The maximum absolute atomic E-state index is 13.1. The Balaban J connectivity index is 1.95. The van der Waals surface area contributed by atoms with E-state index in [0.29, 0.717) is 16.8 Å². The van der Waals surface area contributed by atoms with E-state index >= 15 is 0 Å². The molecule has 0 heterocycles. The number of aromatic hydroxyl groups is 2. The van der Waals surface area contributed by atoms with Gasteiger partial charge in [-0.15, -0.1) is 0 Å². The van der Waals surface area contributed by atoms with Crippen LogP contribution in [-0.2, 0) is 10.0 Å². The number of aryl methyl sites for hydroxylation is 2. The Morgan fingerprint density at radius 1 is 0.969 bits per heavy atom. The van der Waals surface area contributed by atoms with Crippen molar-refractivity contribution in [1.82, 2.24) is 0 Å². The Morgan fingerprint density at radius 2 is 1.69 bits per heavy atom. The molecule has 0 saturated heterocycles. The molecule has 0 aromatic heterocycles. The predicted octanol–water partition coefficient (Wildman–Crippen LogP) is 3.87. The van der Waals surface area contributed by atoms with Gasteiger partial charge >= 0.3 is 0 Å². The number of nitrogens with one attached hydrogen (secondary N) is 2. The van der Waals surface area contributed by atoms with E-state index in [1.807, 2.05) is 13.0 Å². The zero-order valence-corrected chi connectivity index (χ0v) is 17.9. The van der Waals surface area contributed by atoms with Crippen LogP contribution in [0.2, 0.25) is 0 Å². The van der Waals surface area contributed by atoms with Crippen molar-refractivity contribution >= 4 is 33.3 Å². The van der Waals surface area contributed by atoms with Gasteiger partial charge in [0.05, 0.1) is 22.5 Å². The summed E-state index contributed by atoms with van der Waals surface area (Å²) in [6, 6.07) is 12.5. The molecule has 0 amide bonds. The van der Waals surface area contributed by atoms with Crippen LogP contribution in [0, 0.1) is 24.0 Å². The van der Waals surface area contributed by atoms with E-state index in [1.165, 1.54) is 30.5 Å². The lowest BCUT2D eigenvalue weighted by Gasteiger charge is -2.14. The fraction of sp³-hybridized carbons (Fsp3) is 0.0952. The Hall–Kier alpha value is -4.12. The van der Waals surface area contributed by atoms with Crippen molar-refractivity contribution < 1.29 is 23.6 Å². The summed E-state index contributed by atoms with van der Waals surface area (Å²) in [5.41, 5.74) is 4.59. The fourth-order valence-electron chi connectivity index (χ4n) is 2.86. The molecule has 0 atom stereocenters. The van der Waals surface area contributed by atoms with Crippen LogP contribution in [0.3, 0.4) is 0 Å². The maximum atomic E-state index is 13.1. The minimum atomic E-state index is -4.21. The third kappa shape index (κ3) is 5.13. The fourth-order valence-corrected chi connectivity index (χ4v) is 4.17. The van der Waals surface area contributed by atoms with Gasteiger partial charge in [0.1, 0.15) is 4.90 Å². The van der Waals surface area contributed by atoms with Crippen LogP contribution >= 0.6 is 0 Å². The summed E-state index contributed by atoms with van der Waals surface area (Å²) in [5, 5.41) is 34.0. The van der Waals surface area contributed by atoms with E-state index in [-0.39, 0.29) is 22.1 Å². The van der Waals surface area contributed by atoms with Crippen LogP contribution < -0.4 is 10.1 Å². The lowest BCUT2D eigenvalue weighted by molar-refractivity contribution is -0.385. The smallest absolute Gasteiger partial charge is 0.270 e. The molecule has 3 rings (SSSR count). The molecule has 11 heteroatoms. The summed E-state index contributed by atoms with van der Waals surface area (Å²) in [4.78, 5) is 10.1. The highest BCUT2D eigenvalue weighted by Crippen LogP contribution is 2.29. The highest BCUT2D eigenvalue weighted by molar-refractivity contribution is 7.92. The number of anilines is 2. The van der Waals surface area contributed by atoms with Crippen molar-refractivity contribution in [2.45, 2.75) is 18.7 Å².